The minimum atomic E-state index is -1.00. The number of benzene rings is 2. The van der Waals surface area contributed by atoms with Crippen LogP contribution in [0.4, 0.5) is 10.5 Å². The average Bonchev–Trinajstić information content (AvgIpc) is 3.08. The van der Waals surface area contributed by atoms with E-state index in [-0.39, 0.29) is 29.1 Å². The number of anilines is 1. The highest BCUT2D eigenvalue weighted by Crippen LogP contribution is 2.31. The maximum atomic E-state index is 12.9. The van der Waals surface area contributed by atoms with Gasteiger partial charge in [0.05, 0.1) is 11.3 Å². The number of urea groups is 1. The molecular formula is C27H30N4O5. The van der Waals surface area contributed by atoms with Crippen molar-refractivity contribution in [3.05, 3.63) is 65.7 Å². The molecule has 2 N–H and O–H groups in total. The molecule has 2 aliphatic rings. The Hall–Kier alpha value is -4.01. The van der Waals surface area contributed by atoms with E-state index >= 15 is 0 Å². The van der Waals surface area contributed by atoms with Crippen LogP contribution in [0.15, 0.2) is 54.6 Å². The second-order valence-corrected chi connectivity index (χ2v) is 9.26. The molecule has 0 aromatic heterocycles. The van der Waals surface area contributed by atoms with Gasteiger partial charge in [0.1, 0.15) is 6.54 Å². The van der Waals surface area contributed by atoms with Gasteiger partial charge in [0, 0.05) is 12.6 Å². The van der Waals surface area contributed by atoms with E-state index < -0.39 is 30.3 Å². The lowest BCUT2D eigenvalue weighted by molar-refractivity contribution is -0.145. The van der Waals surface area contributed by atoms with Crippen LogP contribution in [0.5, 0.6) is 0 Å². The molecule has 1 aliphatic heterocycles. The van der Waals surface area contributed by atoms with Gasteiger partial charge in [-0.15, -0.1) is 0 Å². The van der Waals surface area contributed by atoms with Gasteiger partial charge in [0.2, 0.25) is 5.91 Å². The highest BCUT2D eigenvalue weighted by Gasteiger charge is 2.49. The van der Waals surface area contributed by atoms with E-state index in [1.807, 2.05) is 37.3 Å². The third-order valence-electron chi connectivity index (χ3n) is 6.77. The zero-order valence-electron chi connectivity index (χ0n) is 20.2. The summed E-state index contributed by atoms with van der Waals surface area (Å²) in [5, 5.41) is 5.45. The van der Waals surface area contributed by atoms with Gasteiger partial charge < -0.3 is 10.6 Å². The van der Waals surface area contributed by atoms with Crippen LogP contribution < -0.4 is 10.6 Å². The normalized spacial score (nSPS) is 20.0. The average molecular weight is 491 g/mol. The van der Waals surface area contributed by atoms with E-state index in [4.69, 9.17) is 0 Å². The van der Waals surface area contributed by atoms with Gasteiger partial charge in [-0.05, 0) is 42.9 Å². The zero-order chi connectivity index (χ0) is 25.7. The van der Waals surface area contributed by atoms with Gasteiger partial charge in [-0.3, -0.25) is 24.1 Å². The molecule has 1 aliphatic carbocycles. The van der Waals surface area contributed by atoms with Crippen molar-refractivity contribution in [1.82, 2.24) is 15.1 Å². The molecule has 2 atom stereocenters. The number of imide groups is 2. The van der Waals surface area contributed by atoms with Crippen LogP contribution in [0.2, 0.25) is 0 Å². The fraction of sp³-hybridized carbons (Fsp3) is 0.370. The SMILES string of the molecule is CC1CCCCC1N1C(=O)C(=O)N(CC(=O)Nc2ccccc2C(=O)NCCc2ccccc2)C1=O. The standard InChI is InChI=1S/C27H30N4O5/c1-18-9-5-8-14-22(18)31-26(35)25(34)30(27(31)36)17-23(32)29-21-13-7-6-12-20(21)24(33)28-16-15-19-10-3-2-4-11-19/h2-4,6-7,10-13,18,22H,5,8-9,14-17H2,1H3,(H,28,33)(H,29,32). The van der Waals surface area contributed by atoms with Crippen molar-refractivity contribution >= 4 is 35.3 Å². The predicted molar refractivity (Wildman–Crippen MR) is 133 cm³/mol. The maximum absolute atomic E-state index is 12.9. The first-order valence-electron chi connectivity index (χ1n) is 12.3. The van der Waals surface area contributed by atoms with Crippen molar-refractivity contribution in [2.24, 2.45) is 5.92 Å². The Morgan fingerprint density at radius 1 is 0.917 bits per heavy atom. The van der Waals surface area contributed by atoms with Gasteiger partial charge in [-0.2, -0.15) is 0 Å². The topological polar surface area (TPSA) is 116 Å². The number of rotatable bonds is 8. The molecule has 0 spiro atoms. The number of nitrogens with zero attached hydrogens (tertiary/aromatic N) is 2. The van der Waals surface area contributed by atoms with Gasteiger partial charge in [-0.25, -0.2) is 9.69 Å². The molecule has 0 bridgehead atoms. The minimum absolute atomic E-state index is 0.0977. The van der Waals surface area contributed by atoms with E-state index in [9.17, 15) is 24.0 Å². The van der Waals surface area contributed by atoms with Gasteiger partial charge in [0.25, 0.3) is 5.91 Å². The molecule has 2 unspecified atom stereocenters. The Kier molecular flexibility index (Phi) is 7.77. The van der Waals surface area contributed by atoms with Crippen molar-refractivity contribution in [2.75, 3.05) is 18.4 Å². The monoisotopic (exact) mass is 490 g/mol. The Balaban J connectivity index is 1.38. The predicted octanol–water partition coefficient (Wildman–Crippen LogP) is 2.97. The summed E-state index contributed by atoms with van der Waals surface area (Å²) in [4.78, 5) is 65.3. The second kappa shape index (κ2) is 11.2. The van der Waals surface area contributed by atoms with Gasteiger partial charge >= 0.3 is 17.8 Å². The molecule has 188 valence electrons. The van der Waals surface area contributed by atoms with E-state index in [1.54, 1.807) is 24.3 Å². The van der Waals surface area contributed by atoms with Gasteiger partial charge in [-0.1, -0.05) is 62.2 Å². The molecule has 2 fully saturated rings. The number of hydrogen-bond acceptors (Lipinski definition) is 5. The highest BCUT2D eigenvalue weighted by atomic mass is 16.2. The number of nitrogens with one attached hydrogen (secondary N) is 2. The van der Waals surface area contributed by atoms with Crippen LogP contribution in [-0.2, 0) is 20.8 Å². The Morgan fingerprint density at radius 2 is 1.61 bits per heavy atom. The molecule has 36 heavy (non-hydrogen) atoms. The lowest BCUT2D eigenvalue weighted by atomic mass is 9.85. The lowest BCUT2D eigenvalue weighted by Crippen LogP contribution is -2.46. The quantitative estimate of drug-likeness (QED) is 0.436. The molecule has 2 aromatic rings. The highest BCUT2D eigenvalue weighted by molar-refractivity contribution is 6.45. The van der Waals surface area contributed by atoms with Crippen LogP contribution >= 0.6 is 0 Å². The van der Waals surface area contributed by atoms with Crippen LogP contribution in [0, 0.1) is 5.92 Å². The number of hydrogen-bond donors (Lipinski definition) is 2. The fourth-order valence-electron chi connectivity index (χ4n) is 4.82. The van der Waals surface area contributed by atoms with Crippen molar-refractivity contribution < 1.29 is 24.0 Å². The van der Waals surface area contributed by atoms with Crippen LogP contribution in [0.25, 0.3) is 0 Å². The van der Waals surface area contributed by atoms with E-state index in [2.05, 4.69) is 10.6 Å². The molecule has 9 nitrogen and oxygen atoms in total. The van der Waals surface area contributed by atoms with Crippen molar-refractivity contribution in [1.29, 1.82) is 0 Å². The zero-order valence-corrected chi connectivity index (χ0v) is 20.2. The summed E-state index contributed by atoms with van der Waals surface area (Å²) in [6.45, 7) is 1.77. The fourth-order valence-corrected chi connectivity index (χ4v) is 4.82. The molecule has 1 saturated carbocycles. The van der Waals surface area contributed by atoms with Crippen molar-refractivity contribution in [3.63, 3.8) is 0 Å². The minimum Gasteiger partial charge on any atom is -0.352 e. The largest absolute Gasteiger partial charge is 0.352 e. The number of para-hydroxylation sites is 1. The summed E-state index contributed by atoms with van der Waals surface area (Å²) in [5.74, 6) is -2.82. The van der Waals surface area contributed by atoms with Crippen LogP contribution in [0.1, 0.15) is 48.5 Å². The Morgan fingerprint density at radius 3 is 2.36 bits per heavy atom. The molecular weight excluding hydrogens is 460 g/mol. The molecule has 9 heteroatoms. The molecule has 1 heterocycles. The molecule has 0 radical (unpaired) electrons. The number of carbonyl (C=O) groups is 5. The summed E-state index contributed by atoms with van der Waals surface area (Å²) < 4.78 is 0. The van der Waals surface area contributed by atoms with E-state index in [0.717, 1.165) is 29.7 Å². The summed E-state index contributed by atoms with van der Waals surface area (Å²) in [6, 6.07) is 15.1. The molecule has 6 amide bonds. The second-order valence-electron chi connectivity index (χ2n) is 9.26. The summed E-state index contributed by atoms with van der Waals surface area (Å²) >= 11 is 0. The third kappa shape index (κ3) is 5.45. The van der Waals surface area contributed by atoms with Crippen molar-refractivity contribution in [3.8, 4) is 0 Å². The summed E-state index contributed by atoms with van der Waals surface area (Å²) in [6.07, 6.45) is 4.09. The van der Waals surface area contributed by atoms with Crippen molar-refractivity contribution in [2.45, 2.75) is 45.1 Å². The summed E-state index contributed by atoms with van der Waals surface area (Å²) in [5.41, 5.74) is 1.60. The van der Waals surface area contributed by atoms with E-state index in [1.165, 1.54) is 0 Å². The number of amides is 6. The first-order chi connectivity index (χ1) is 17.4. The molecule has 1 saturated heterocycles. The van der Waals surface area contributed by atoms with Gasteiger partial charge in [0.15, 0.2) is 0 Å². The Bertz CT molecular complexity index is 1170. The summed E-state index contributed by atoms with van der Waals surface area (Å²) in [7, 11) is 0. The first kappa shape index (κ1) is 25.1. The third-order valence-corrected chi connectivity index (χ3v) is 6.77. The Labute approximate surface area is 209 Å². The van der Waals surface area contributed by atoms with E-state index in [0.29, 0.717) is 24.3 Å². The maximum Gasteiger partial charge on any atom is 0.334 e. The molecule has 4 rings (SSSR count). The smallest absolute Gasteiger partial charge is 0.334 e. The van der Waals surface area contributed by atoms with Crippen LogP contribution in [-0.4, -0.2) is 58.6 Å². The first-order valence-corrected chi connectivity index (χ1v) is 12.3. The van der Waals surface area contributed by atoms with Crippen LogP contribution in [0.3, 0.4) is 0 Å². The number of carbonyl (C=O) groups excluding carboxylic acids is 5. The lowest BCUT2D eigenvalue weighted by Gasteiger charge is -2.34. The molecule has 2 aromatic carbocycles.